The van der Waals surface area contributed by atoms with Gasteiger partial charge in [0, 0.05) is 6.04 Å². The maximum absolute atomic E-state index is 3.26. The van der Waals surface area contributed by atoms with Crippen molar-refractivity contribution in [2.45, 2.75) is 25.8 Å². The van der Waals surface area contributed by atoms with Gasteiger partial charge >= 0.3 is 0 Å². The Kier molecular flexibility index (Phi) is 3.30. The highest BCUT2D eigenvalue weighted by molar-refractivity contribution is 5.20. The summed E-state index contributed by atoms with van der Waals surface area (Å²) in [5.74, 6) is 0.580. The number of rotatable bonds is 3. The van der Waals surface area contributed by atoms with Gasteiger partial charge in [0.25, 0.3) is 0 Å². The summed E-state index contributed by atoms with van der Waals surface area (Å²) in [6.45, 7) is 4.45. The molecule has 12 heavy (non-hydrogen) atoms. The third-order valence-electron chi connectivity index (χ3n) is 2.53. The van der Waals surface area contributed by atoms with Crippen molar-refractivity contribution >= 4 is 0 Å². The second-order valence-corrected chi connectivity index (χ2v) is 3.28. The molecule has 0 radical (unpaired) electrons. The number of benzene rings is 1. The maximum Gasteiger partial charge on any atom is 0.0102 e. The zero-order valence-electron chi connectivity index (χ0n) is 8.04. The molecule has 1 heteroatoms. The Morgan fingerprint density at radius 3 is 2.17 bits per heavy atom. The van der Waals surface area contributed by atoms with Crippen LogP contribution in [0.2, 0.25) is 0 Å². The molecule has 0 saturated heterocycles. The van der Waals surface area contributed by atoms with E-state index in [4.69, 9.17) is 0 Å². The summed E-state index contributed by atoms with van der Waals surface area (Å²) in [5, 5.41) is 3.26. The van der Waals surface area contributed by atoms with Crippen LogP contribution in [0.4, 0.5) is 0 Å². The van der Waals surface area contributed by atoms with E-state index in [9.17, 15) is 0 Å². The SMILES string of the molecule is CNC(C)C(C)c1ccccc1. The Morgan fingerprint density at radius 2 is 1.67 bits per heavy atom. The fraction of sp³-hybridized carbons (Fsp3) is 0.455. The standard InChI is InChI=1S/C11H17N/c1-9(10(2)12-3)11-7-5-4-6-8-11/h4-10,12H,1-3H3. The normalized spacial score (nSPS) is 15.6. The van der Waals surface area contributed by atoms with Crippen molar-refractivity contribution in [2.75, 3.05) is 7.05 Å². The van der Waals surface area contributed by atoms with Crippen LogP contribution in [0.25, 0.3) is 0 Å². The summed E-state index contributed by atoms with van der Waals surface area (Å²) in [7, 11) is 2.00. The van der Waals surface area contributed by atoms with E-state index in [1.54, 1.807) is 0 Å². The van der Waals surface area contributed by atoms with E-state index in [2.05, 4.69) is 49.5 Å². The molecule has 2 atom stereocenters. The van der Waals surface area contributed by atoms with E-state index >= 15 is 0 Å². The van der Waals surface area contributed by atoms with E-state index in [1.165, 1.54) is 5.56 Å². The fourth-order valence-corrected chi connectivity index (χ4v) is 1.30. The molecule has 0 heterocycles. The van der Waals surface area contributed by atoms with Gasteiger partial charge < -0.3 is 5.32 Å². The average Bonchev–Trinajstić information content (AvgIpc) is 2.17. The van der Waals surface area contributed by atoms with Crippen LogP contribution in [-0.2, 0) is 0 Å². The predicted molar refractivity (Wildman–Crippen MR) is 53.4 cm³/mol. The molecular formula is C11H17N. The van der Waals surface area contributed by atoms with Gasteiger partial charge in [0.05, 0.1) is 0 Å². The Bertz CT molecular complexity index is 218. The molecule has 0 aliphatic rings. The smallest absolute Gasteiger partial charge is 0.0102 e. The lowest BCUT2D eigenvalue weighted by Gasteiger charge is -2.19. The van der Waals surface area contributed by atoms with E-state index in [-0.39, 0.29) is 0 Å². The highest BCUT2D eigenvalue weighted by Gasteiger charge is 2.10. The van der Waals surface area contributed by atoms with Gasteiger partial charge in [-0.05, 0) is 25.5 Å². The average molecular weight is 163 g/mol. The molecule has 0 fully saturated rings. The zero-order valence-corrected chi connectivity index (χ0v) is 8.04. The number of hydrogen-bond donors (Lipinski definition) is 1. The van der Waals surface area contributed by atoms with Gasteiger partial charge in [-0.2, -0.15) is 0 Å². The van der Waals surface area contributed by atoms with Crippen molar-refractivity contribution in [3.8, 4) is 0 Å². The van der Waals surface area contributed by atoms with Crippen molar-refractivity contribution in [3.05, 3.63) is 35.9 Å². The second-order valence-electron chi connectivity index (χ2n) is 3.28. The topological polar surface area (TPSA) is 12.0 Å². The van der Waals surface area contributed by atoms with Crippen LogP contribution in [0.15, 0.2) is 30.3 Å². The molecule has 1 nitrogen and oxygen atoms in total. The monoisotopic (exact) mass is 163 g/mol. The second kappa shape index (κ2) is 4.27. The lowest BCUT2D eigenvalue weighted by atomic mass is 9.95. The van der Waals surface area contributed by atoms with Crippen LogP contribution in [0.5, 0.6) is 0 Å². The van der Waals surface area contributed by atoms with Gasteiger partial charge in [0.2, 0.25) is 0 Å². The van der Waals surface area contributed by atoms with Gasteiger partial charge in [0.15, 0.2) is 0 Å². The quantitative estimate of drug-likeness (QED) is 0.721. The van der Waals surface area contributed by atoms with Gasteiger partial charge in [-0.1, -0.05) is 37.3 Å². The Morgan fingerprint density at radius 1 is 1.08 bits per heavy atom. The summed E-state index contributed by atoms with van der Waals surface area (Å²) < 4.78 is 0. The van der Waals surface area contributed by atoms with E-state index in [0.717, 1.165) is 0 Å². The molecule has 1 aromatic carbocycles. The largest absolute Gasteiger partial charge is 0.317 e. The molecule has 2 unspecified atom stereocenters. The first-order chi connectivity index (χ1) is 5.75. The summed E-state index contributed by atoms with van der Waals surface area (Å²) >= 11 is 0. The van der Waals surface area contributed by atoms with Gasteiger partial charge in [-0.15, -0.1) is 0 Å². The van der Waals surface area contributed by atoms with Crippen molar-refractivity contribution in [3.63, 3.8) is 0 Å². The molecule has 66 valence electrons. The zero-order chi connectivity index (χ0) is 8.97. The summed E-state index contributed by atoms with van der Waals surface area (Å²) in [6, 6.07) is 11.1. The van der Waals surface area contributed by atoms with Crippen LogP contribution < -0.4 is 5.32 Å². The molecule has 0 aliphatic carbocycles. The van der Waals surface area contributed by atoms with Gasteiger partial charge in [-0.25, -0.2) is 0 Å². The molecule has 1 N–H and O–H groups in total. The van der Waals surface area contributed by atoms with E-state index in [0.29, 0.717) is 12.0 Å². The lowest BCUT2D eigenvalue weighted by Crippen LogP contribution is -2.27. The minimum absolute atomic E-state index is 0.535. The first kappa shape index (κ1) is 9.27. The van der Waals surface area contributed by atoms with Gasteiger partial charge in [0.1, 0.15) is 0 Å². The number of likely N-dealkylation sites (N-methyl/N-ethyl adjacent to an activating group) is 1. The minimum Gasteiger partial charge on any atom is -0.317 e. The highest BCUT2D eigenvalue weighted by atomic mass is 14.9. The molecule has 1 aromatic rings. The van der Waals surface area contributed by atoms with Gasteiger partial charge in [-0.3, -0.25) is 0 Å². The first-order valence-corrected chi connectivity index (χ1v) is 4.48. The van der Waals surface area contributed by atoms with Crippen LogP contribution in [0.1, 0.15) is 25.3 Å². The Balaban J connectivity index is 2.71. The molecule has 0 aliphatic heterocycles. The Hall–Kier alpha value is -0.820. The van der Waals surface area contributed by atoms with Crippen LogP contribution >= 0.6 is 0 Å². The molecule has 0 aromatic heterocycles. The lowest BCUT2D eigenvalue weighted by molar-refractivity contribution is 0.524. The molecule has 0 bridgehead atoms. The van der Waals surface area contributed by atoms with Crippen molar-refractivity contribution in [1.82, 2.24) is 5.32 Å². The number of hydrogen-bond acceptors (Lipinski definition) is 1. The van der Waals surface area contributed by atoms with Crippen LogP contribution in [0, 0.1) is 0 Å². The summed E-state index contributed by atoms with van der Waals surface area (Å²) in [4.78, 5) is 0. The maximum atomic E-state index is 3.26. The van der Waals surface area contributed by atoms with Crippen molar-refractivity contribution in [1.29, 1.82) is 0 Å². The minimum atomic E-state index is 0.535. The Labute approximate surface area is 74.8 Å². The third-order valence-corrected chi connectivity index (χ3v) is 2.53. The first-order valence-electron chi connectivity index (χ1n) is 4.48. The predicted octanol–water partition coefficient (Wildman–Crippen LogP) is 2.40. The fourth-order valence-electron chi connectivity index (χ4n) is 1.30. The summed E-state index contributed by atoms with van der Waals surface area (Å²) in [6.07, 6.45) is 0. The highest BCUT2D eigenvalue weighted by Crippen LogP contribution is 2.17. The molecule has 0 saturated carbocycles. The van der Waals surface area contributed by atoms with E-state index < -0.39 is 0 Å². The molecule has 1 rings (SSSR count). The molecular weight excluding hydrogens is 146 g/mol. The van der Waals surface area contributed by atoms with Crippen molar-refractivity contribution < 1.29 is 0 Å². The van der Waals surface area contributed by atoms with Crippen molar-refractivity contribution in [2.24, 2.45) is 0 Å². The number of nitrogens with one attached hydrogen (secondary N) is 1. The molecule has 0 amide bonds. The van der Waals surface area contributed by atoms with E-state index in [1.807, 2.05) is 7.05 Å². The van der Waals surface area contributed by atoms with Crippen LogP contribution in [0.3, 0.4) is 0 Å². The summed E-state index contributed by atoms with van der Waals surface area (Å²) in [5.41, 5.74) is 1.40. The molecule has 0 spiro atoms. The third kappa shape index (κ3) is 2.08. The van der Waals surface area contributed by atoms with Crippen LogP contribution in [-0.4, -0.2) is 13.1 Å².